The van der Waals surface area contributed by atoms with Gasteiger partial charge >= 0.3 is 221 Å². The monoisotopic (exact) mass is 628 g/mol. The molecule has 0 fully saturated rings. The van der Waals surface area contributed by atoms with Crippen molar-refractivity contribution in [2.75, 3.05) is 6.61 Å². The van der Waals surface area contributed by atoms with Gasteiger partial charge < -0.3 is 0 Å². The first-order valence-corrected chi connectivity index (χ1v) is 26.2. The van der Waals surface area contributed by atoms with Gasteiger partial charge in [0, 0.05) is 0 Å². The van der Waals surface area contributed by atoms with Crippen LogP contribution in [0.4, 0.5) is 0 Å². The number of sulfone groups is 1. The van der Waals surface area contributed by atoms with Crippen LogP contribution in [0.2, 0.25) is 39.0 Å². The molecule has 0 spiro atoms. The number of imidazole rings is 1. The first kappa shape index (κ1) is 30.6. The molecule has 8 heteroatoms. The van der Waals surface area contributed by atoms with Crippen LogP contribution < -0.4 is 3.71 Å². The Morgan fingerprint density at radius 2 is 1.46 bits per heavy atom. The number of nitrogens with zero attached hydrogens (tertiary/aromatic N) is 1. The topological polar surface area (TPSA) is 72.0 Å². The Morgan fingerprint density at radius 1 is 0.914 bits per heavy atom. The van der Waals surface area contributed by atoms with Crippen LogP contribution in [-0.4, -0.2) is 51.4 Å². The van der Waals surface area contributed by atoms with Crippen molar-refractivity contribution in [1.82, 2.24) is 9.97 Å². The fourth-order valence-electron chi connectivity index (χ4n) is 4.60. The Balaban J connectivity index is 2.56. The van der Waals surface area contributed by atoms with Crippen LogP contribution in [0.5, 0.6) is 0 Å². The minimum absolute atomic E-state index is 0.105. The molecule has 0 aliphatic carbocycles. The number of rotatable bonds is 17. The third kappa shape index (κ3) is 9.00. The third-order valence-electron chi connectivity index (χ3n) is 6.84. The molecule has 0 atom stereocenters. The number of benzene rings is 1. The van der Waals surface area contributed by atoms with Crippen molar-refractivity contribution in [2.24, 2.45) is 0 Å². The molecule has 1 aromatic heterocycles. The van der Waals surface area contributed by atoms with Crippen LogP contribution in [0.25, 0.3) is 0 Å². The third-order valence-corrected chi connectivity index (χ3v) is 25.4. The summed E-state index contributed by atoms with van der Waals surface area (Å²) in [6.45, 7) is 15.0. The van der Waals surface area contributed by atoms with Gasteiger partial charge in [0.05, 0.1) is 0 Å². The SMILES string of the molecule is CCC[CH2][Sn]([CH2]CCC)([CH2]CCC)[c]1nc(S(=O)(=O)c2ccccc2)[nH]c1COCC[Si](C)(C)C. The zero-order valence-corrected chi connectivity index (χ0v) is 27.6. The van der Waals surface area contributed by atoms with E-state index in [1.54, 1.807) is 24.3 Å². The van der Waals surface area contributed by atoms with E-state index in [0.29, 0.717) is 11.5 Å². The number of aromatic amines is 1. The normalized spacial score (nSPS) is 12.9. The molecule has 5 nitrogen and oxygen atoms in total. The van der Waals surface area contributed by atoms with E-state index >= 15 is 0 Å². The van der Waals surface area contributed by atoms with Crippen LogP contribution in [0.3, 0.4) is 0 Å². The quantitative estimate of drug-likeness (QED) is 0.149. The van der Waals surface area contributed by atoms with Crippen molar-refractivity contribution in [3.8, 4) is 0 Å². The van der Waals surface area contributed by atoms with Gasteiger partial charge in [-0.2, -0.15) is 0 Å². The molecule has 0 saturated carbocycles. The fourth-order valence-corrected chi connectivity index (χ4v) is 23.0. The number of hydrogen-bond donors (Lipinski definition) is 1. The number of unbranched alkanes of at least 4 members (excludes halogenated alkanes) is 3. The van der Waals surface area contributed by atoms with Gasteiger partial charge in [-0.3, -0.25) is 0 Å². The second-order valence-electron chi connectivity index (χ2n) is 11.1. The van der Waals surface area contributed by atoms with Crippen LogP contribution >= 0.6 is 0 Å². The number of ether oxygens (including phenoxy) is 1. The summed E-state index contributed by atoms with van der Waals surface area (Å²) < 4.78 is 38.1. The van der Waals surface area contributed by atoms with E-state index in [1.807, 2.05) is 6.07 Å². The molecule has 0 amide bonds. The van der Waals surface area contributed by atoms with Gasteiger partial charge in [0.2, 0.25) is 0 Å². The number of nitrogens with one attached hydrogen (secondary N) is 1. The molecular formula is C27H48N2O3SSiSn. The Hall–Kier alpha value is -0.644. The molecule has 2 aromatic rings. The molecule has 1 heterocycles. The first-order chi connectivity index (χ1) is 16.6. The molecule has 0 aliphatic heterocycles. The van der Waals surface area contributed by atoms with E-state index in [-0.39, 0.29) is 5.16 Å². The average molecular weight is 628 g/mol. The standard InChI is InChI=1S/C15H21N2O3SSi.3C4H9.Sn/c1-22(2,3)10-9-20-12-13-11-16-15(17-13)21(18,19)14-7-5-4-6-8-14;3*1-3-4-2;/h4-8H,9-10,12H2,1-3H3,(H,16,17);3*1,3-4H2,2H3;. The van der Waals surface area contributed by atoms with Gasteiger partial charge in [0.25, 0.3) is 0 Å². The van der Waals surface area contributed by atoms with Crippen molar-refractivity contribution in [2.45, 2.75) is 115 Å². The number of hydrogen-bond acceptors (Lipinski definition) is 4. The molecule has 1 N–H and O–H groups in total. The van der Waals surface area contributed by atoms with E-state index in [9.17, 15) is 8.42 Å². The van der Waals surface area contributed by atoms with Gasteiger partial charge in [-0.25, -0.2) is 0 Å². The molecule has 198 valence electrons. The van der Waals surface area contributed by atoms with Crippen LogP contribution in [0.1, 0.15) is 65.0 Å². The van der Waals surface area contributed by atoms with Gasteiger partial charge in [0.15, 0.2) is 0 Å². The molecule has 2 rings (SSSR count). The van der Waals surface area contributed by atoms with Gasteiger partial charge in [-0.1, -0.05) is 0 Å². The number of aromatic nitrogens is 2. The maximum absolute atomic E-state index is 13.5. The summed E-state index contributed by atoms with van der Waals surface area (Å²) in [5.41, 5.74) is 0.939. The van der Waals surface area contributed by atoms with Crippen molar-refractivity contribution < 1.29 is 13.2 Å². The molecule has 1 aromatic carbocycles. The molecule has 0 saturated heterocycles. The Labute approximate surface area is 219 Å². The molecular weight excluding hydrogens is 579 g/mol. The van der Waals surface area contributed by atoms with Crippen LogP contribution in [0, 0.1) is 0 Å². The first-order valence-electron chi connectivity index (χ1n) is 13.6. The van der Waals surface area contributed by atoms with Crippen molar-refractivity contribution >= 4 is 40.0 Å². The molecule has 35 heavy (non-hydrogen) atoms. The van der Waals surface area contributed by atoms with Crippen LogP contribution in [-0.2, 0) is 21.2 Å². The van der Waals surface area contributed by atoms with E-state index in [1.165, 1.54) is 51.8 Å². The van der Waals surface area contributed by atoms with Crippen molar-refractivity contribution in [3.63, 3.8) is 0 Å². The Kier molecular flexibility index (Phi) is 12.5. The second kappa shape index (κ2) is 14.3. The Morgan fingerprint density at radius 3 is 1.94 bits per heavy atom. The van der Waals surface area contributed by atoms with E-state index in [2.05, 4.69) is 45.4 Å². The van der Waals surface area contributed by atoms with Gasteiger partial charge in [-0.15, -0.1) is 0 Å². The average Bonchev–Trinajstić information content (AvgIpc) is 3.27. The Bertz CT molecular complexity index is 966. The molecule has 0 unspecified atom stereocenters. The fraction of sp³-hybridized carbons (Fsp3) is 0.667. The zero-order chi connectivity index (χ0) is 26.0. The summed E-state index contributed by atoms with van der Waals surface area (Å²) in [5.74, 6) is 0. The summed E-state index contributed by atoms with van der Waals surface area (Å²) in [6, 6.07) is 9.79. The maximum atomic E-state index is 13.5. The summed E-state index contributed by atoms with van der Waals surface area (Å²) in [6.07, 6.45) is 7.10. The summed E-state index contributed by atoms with van der Waals surface area (Å²) >= 11 is -2.98. The van der Waals surface area contributed by atoms with Gasteiger partial charge in [0.1, 0.15) is 0 Å². The van der Waals surface area contributed by atoms with E-state index in [4.69, 9.17) is 9.72 Å². The molecule has 0 radical (unpaired) electrons. The van der Waals surface area contributed by atoms with Crippen molar-refractivity contribution in [3.05, 3.63) is 36.0 Å². The predicted molar refractivity (Wildman–Crippen MR) is 153 cm³/mol. The van der Waals surface area contributed by atoms with Crippen LogP contribution in [0.15, 0.2) is 40.4 Å². The van der Waals surface area contributed by atoms with Crippen molar-refractivity contribution in [1.29, 1.82) is 0 Å². The van der Waals surface area contributed by atoms with E-state index < -0.39 is 36.3 Å². The second-order valence-corrected chi connectivity index (χ2v) is 31.6. The molecule has 0 bridgehead atoms. The summed E-state index contributed by atoms with van der Waals surface area (Å²) in [7, 11) is -4.90. The number of H-pyrrole nitrogens is 1. The van der Waals surface area contributed by atoms with E-state index in [0.717, 1.165) is 22.1 Å². The summed E-state index contributed by atoms with van der Waals surface area (Å²) in [4.78, 5) is 8.58. The van der Waals surface area contributed by atoms with Gasteiger partial charge in [-0.05, 0) is 0 Å². The minimum atomic E-state index is -3.70. The zero-order valence-electron chi connectivity index (χ0n) is 23.0. The summed E-state index contributed by atoms with van der Waals surface area (Å²) in [5, 5.41) is 0.105. The molecule has 0 aliphatic rings. The predicted octanol–water partition coefficient (Wildman–Crippen LogP) is 7.15.